The topological polar surface area (TPSA) is 43.9 Å². The van der Waals surface area contributed by atoms with Crippen molar-refractivity contribution in [3.8, 4) is 39.6 Å². The Hall–Kier alpha value is -7.56. The maximum Gasteiger partial charge on any atom is 0.235 e. The van der Waals surface area contributed by atoms with Gasteiger partial charge < -0.3 is 4.42 Å². The van der Waals surface area contributed by atoms with Crippen molar-refractivity contribution in [3.63, 3.8) is 0 Å². The summed E-state index contributed by atoms with van der Waals surface area (Å²) >= 11 is 0. The van der Waals surface area contributed by atoms with Crippen LogP contribution in [0.25, 0.3) is 83.3 Å². The number of hydrogen-bond acceptors (Lipinski definition) is 3. The van der Waals surface area contributed by atoms with Crippen LogP contribution in [0.5, 0.6) is 0 Å². The lowest BCUT2D eigenvalue weighted by Crippen LogP contribution is -2.28. The lowest BCUT2D eigenvalue weighted by atomic mass is 9.67. The SMILES string of the molecule is c1ccc(-c2cc(-c3ccc4c(c3)oc3ccccc34)nc(-n3c4ccccc4c4cc5c(cc43)C(c3ccccc3)(c3ccccc3)c3ccccc3-5)n2)cc1. The highest BCUT2D eigenvalue weighted by molar-refractivity contribution is 6.12. The Morgan fingerprint density at radius 1 is 0.386 bits per heavy atom. The van der Waals surface area contributed by atoms with Crippen LogP contribution in [-0.4, -0.2) is 14.5 Å². The minimum Gasteiger partial charge on any atom is -0.456 e. The van der Waals surface area contributed by atoms with Gasteiger partial charge in [-0.2, -0.15) is 0 Å². The first kappa shape index (κ1) is 31.8. The van der Waals surface area contributed by atoms with Crippen molar-refractivity contribution < 1.29 is 4.42 Å². The maximum absolute atomic E-state index is 6.36. The monoisotopic (exact) mass is 727 g/mol. The Kier molecular flexibility index (Phi) is 6.81. The van der Waals surface area contributed by atoms with E-state index in [4.69, 9.17) is 14.4 Å². The molecule has 0 atom stereocenters. The minimum absolute atomic E-state index is 0.538. The van der Waals surface area contributed by atoms with E-state index in [1.807, 2.05) is 18.2 Å². The molecule has 0 N–H and O–H groups in total. The predicted octanol–water partition coefficient (Wildman–Crippen LogP) is 13.2. The average molecular weight is 728 g/mol. The smallest absolute Gasteiger partial charge is 0.235 e. The second kappa shape index (κ2) is 12.2. The summed E-state index contributed by atoms with van der Waals surface area (Å²) in [5.41, 5.74) is 14.4. The van der Waals surface area contributed by atoms with E-state index in [1.54, 1.807) is 0 Å². The van der Waals surface area contributed by atoms with E-state index in [-0.39, 0.29) is 0 Å². The van der Waals surface area contributed by atoms with Gasteiger partial charge in [0.1, 0.15) is 11.2 Å². The van der Waals surface area contributed by atoms with E-state index >= 15 is 0 Å². The number of nitrogens with zero attached hydrogens (tertiary/aromatic N) is 3. The third kappa shape index (κ3) is 4.62. The number of furan rings is 1. The molecule has 8 aromatic carbocycles. The second-order valence-corrected chi connectivity index (χ2v) is 14.9. The van der Waals surface area contributed by atoms with Crippen LogP contribution in [0.3, 0.4) is 0 Å². The van der Waals surface area contributed by atoms with Crippen molar-refractivity contribution in [2.75, 3.05) is 0 Å². The lowest BCUT2D eigenvalue weighted by molar-refractivity contribution is 0.669. The molecule has 0 saturated heterocycles. The van der Waals surface area contributed by atoms with Crippen molar-refractivity contribution in [3.05, 3.63) is 222 Å². The second-order valence-electron chi connectivity index (χ2n) is 14.9. The Balaban J connectivity index is 1.17. The maximum atomic E-state index is 6.36. The molecule has 3 aromatic heterocycles. The fourth-order valence-corrected chi connectivity index (χ4v) is 9.44. The van der Waals surface area contributed by atoms with E-state index in [1.165, 1.54) is 33.4 Å². The highest BCUT2D eigenvalue weighted by Gasteiger charge is 2.46. The first-order valence-electron chi connectivity index (χ1n) is 19.4. The predicted molar refractivity (Wildman–Crippen MR) is 232 cm³/mol. The van der Waals surface area contributed by atoms with Crippen molar-refractivity contribution in [1.29, 1.82) is 0 Å². The van der Waals surface area contributed by atoms with Crippen LogP contribution in [-0.2, 0) is 5.41 Å². The number of para-hydroxylation sites is 2. The summed E-state index contributed by atoms with van der Waals surface area (Å²) in [6, 6.07) is 71.4. The highest BCUT2D eigenvalue weighted by atomic mass is 16.3. The molecular weight excluding hydrogens is 695 g/mol. The van der Waals surface area contributed by atoms with Gasteiger partial charge in [-0.05, 0) is 75.8 Å². The van der Waals surface area contributed by atoms with Gasteiger partial charge in [0, 0.05) is 32.7 Å². The van der Waals surface area contributed by atoms with Gasteiger partial charge in [0.25, 0.3) is 0 Å². The zero-order valence-electron chi connectivity index (χ0n) is 30.8. The molecule has 0 amide bonds. The highest BCUT2D eigenvalue weighted by Crippen LogP contribution is 2.57. The van der Waals surface area contributed by atoms with Crippen LogP contribution in [0.15, 0.2) is 205 Å². The molecule has 0 fully saturated rings. The third-order valence-corrected chi connectivity index (χ3v) is 11.9. The molecule has 3 heterocycles. The summed E-state index contributed by atoms with van der Waals surface area (Å²) in [6.45, 7) is 0. The molecule has 57 heavy (non-hydrogen) atoms. The van der Waals surface area contributed by atoms with Gasteiger partial charge in [-0.1, -0.05) is 158 Å². The standard InChI is InChI=1S/C53H33N3O/c1-4-16-34(17-5-1)46-33-47(35-28-29-41-40-24-12-15-27-50(40)57-51(41)30-35)55-52(54-46)56-48-26-14-11-23-39(48)43-31-42-38-22-10-13-25-44(38)53(45(42)32-49(43)56,36-18-6-2-7-19-36)37-20-8-3-9-21-37/h1-33H. The van der Waals surface area contributed by atoms with Gasteiger partial charge in [0.15, 0.2) is 0 Å². The van der Waals surface area contributed by atoms with Crippen molar-refractivity contribution in [1.82, 2.24) is 14.5 Å². The molecule has 266 valence electrons. The van der Waals surface area contributed by atoms with Gasteiger partial charge in [0.05, 0.1) is 27.8 Å². The molecule has 0 saturated carbocycles. The van der Waals surface area contributed by atoms with Gasteiger partial charge in [-0.3, -0.25) is 4.57 Å². The Morgan fingerprint density at radius 2 is 1.00 bits per heavy atom. The molecule has 1 aliphatic carbocycles. The average Bonchev–Trinajstić information content (AvgIpc) is 3.92. The fraction of sp³-hybridized carbons (Fsp3) is 0.0189. The summed E-state index contributed by atoms with van der Waals surface area (Å²) in [5, 5.41) is 4.51. The Morgan fingerprint density at radius 3 is 1.77 bits per heavy atom. The quantitative estimate of drug-likeness (QED) is 0.177. The summed E-state index contributed by atoms with van der Waals surface area (Å²) in [7, 11) is 0. The van der Waals surface area contributed by atoms with E-state index in [0.717, 1.165) is 66.3 Å². The van der Waals surface area contributed by atoms with Crippen LogP contribution in [0.1, 0.15) is 22.3 Å². The molecule has 0 spiro atoms. The molecule has 0 bridgehead atoms. The van der Waals surface area contributed by atoms with Gasteiger partial charge in [-0.15, -0.1) is 0 Å². The summed E-state index contributed by atoms with van der Waals surface area (Å²) in [5.74, 6) is 0.614. The number of fused-ring (bicyclic) bond motifs is 9. The Bertz CT molecular complexity index is 3310. The largest absolute Gasteiger partial charge is 0.456 e. The molecule has 11 aromatic rings. The van der Waals surface area contributed by atoms with E-state index < -0.39 is 5.41 Å². The van der Waals surface area contributed by atoms with Crippen LogP contribution < -0.4 is 0 Å². The molecule has 12 rings (SSSR count). The molecule has 0 radical (unpaired) electrons. The molecule has 4 heteroatoms. The zero-order chi connectivity index (χ0) is 37.5. The van der Waals surface area contributed by atoms with Gasteiger partial charge in [-0.25, -0.2) is 9.97 Å². The molecule has 1 aliphatic rings. The molecule has 4 nitrogen and oxygen atoms in total. The zero-order valence-corrected chi connectivity index (χ0v) is 30.8. The third-order valence-electron chi connectivity index (χ3n) is 11.9. The normalized spacial score (nSPS) is 13.1. The Labute approximate surface area is 329 Å². The minimum atomic E-state index is -0.538. The number of benzene rings is 8. The van der Waals surface area contributed by atoms with Crippen LogP contribution in [0, 0.1) is 0 Å². The molecule has 0 unspecified atom stereocenters. The van der Waals surface area contributed by atoms with Crippen LogP contribution >= 0.6 is 0 Å². The van der Waals surface area contributed by atoms with E-state index in [2.05, 4.69) is 187 Å². The number of aromatic nitrogens is 3. The fourth-order valence-electron chi connectivity index (χ4n) is 9.44. The molecule has 0 aliphatic heterocycles. The number of hydrogen-bond donors (Lipinski definition) is 0. The van der Waals surface area contributed by atoms with Gasteiger partial charge in [0.2, 0.25) is 5.95 Å². The van der Waals surface area contributed by atoms with Crippen molar-refractivity contribution >= 4 is 43.7 Å². The van der Waals surface area contributed by atoms with Crippen molar-refractivity contribution in [2.24, 2.45) is 0 Å². The van der Waals surface area contributed by atoms with E-state index in [0.29, 0.717) is 5.95 Å². The van der Waals surface area contributed by atoms with Crippen LogP contribution in [0.4, 0.5) is 0 Å². The van der Waals surface area contributed by atoms with Crippen molar-refractivity contribution in [2.45, 2.75) is 5.41 Å². The van der Waals surface area contributed by atoms with Crippen LogP contribution in [0.2, 0.25) is 0 Å². The summed E-state index contributed by atoms with van der Waals surface area (Å²) in [6.07, 6.45) is 0. The first-order chi connectivity index (χ1) is 28.3. The first-order valence-corrected chi connectivity index (χ1v) is 19.4. The summed E-state index contributed by atoms with van der Waals surface area (Å²) in [4.78, 5) is 10.8. The summed E-state index contributed by atoms with van der Waals surface area (Å²) < 4.78 is 8.63. The van der Waals surface area contributed by atoms with E-state index in [9.17, 15) is 0 Å². The molecular formula is C53H33N3O. The van der Waals surface area contributed by atoms with Gasteiger partial charge >= 0.3 is 0 Å². The number of rotatable bonds is 5. The lowest BCUT2D eigenvalue weighted by Gasteiger charge is -2.34.